The smallest absolute Gasteiger partial charge is 0.322 e. The maximum atomic E-state index is 12.7. The largest absolute Gasteiger partial charge is 0.484 e. The number of carbonyl (C=O) groups is 4. The molecule has 0 aromatic heterocycles. The zero-order valence-electron chi connectivity index (χ0n) is 17.4. The van der Waals surface area contributed by atoms with Crippen LogP contribution in [0.3, 0.4) is 0 Å². The average Bonchev–Trinajstić information content (AvgIpc) is 3.06. The molecule has 2 fully saturated rings. The summed E-state index contributed by atoms with van der Waals surface area (Å²) >= 11 is 0. The molecule has 9 heteroatoms. The second kappa shape index (κ2) is 9.09. The van der Waals surface area contributed by atoms with Gasteiger partial charge in [0.2, 0.25) is 5.91 Å². The van der Waals surface area contributed by atoms with E-state index >= 15 is 0 Å². The molecule has 4 N–H and O–H groups in total. The SMILES string of the molecule is O=C(COc1cccc(NC(=O)C2CCC3(CC2)NC(=O)NC3=O)c1)Nc1ccccc1. The standard InChI is InChI=1S/C23H24N4O5/c28-19(24-16-5-2-1-3-6-16)14-32-18-8-4-7-17(13-18)25-20(29)15-9-11-23(12-10-15)21(30)26-22(31)27-23/h1-8,13,15H,9-12,14H2,(H,24,28)(H,25,29)(H2,26,27,30,31). The predicted molar refractivity (Wildman–Crippen MR) is 117 cm³/mol. The number of ether oxygens (including phenoxy) is 1. The van der Waals surface area contributed by atoms with Crippen molar-refractivity contribution in [3.8, 4) is 5.75 Å². The van der Waals surface area contributed by atoms with Crippen molar-refractivity contribution in [2.24, 2.45) is 5.92 Å². The number of carbonyl (C=O) groups excluding carboxylic acids is 4. The van der Waals surface area contributed by atoms with Crippen molar-refractivity contribution in [3.05, 3.63) is 54.6 Å². The van der Waals surface area contributed by atoms with Gasteiger partial charge in [0, 0.05) is 23.4 Å². The van der Waals surface area contributed by atoms with Crippen LogP contribution in [0.4, 0.5) is 16.2 Å². The highest BCUT2D eigenvalue weighted by Crippen LogP contribution is 2.34. The van der Waals surface area contributed by atoms with Gasteiger partial charge < -0.3 is 20.7 Å². The van der Waals surface area contributed by atoms with Gasteiger partial charge >= 0.3 is 6.03 Å². The Bertz CT molecular complexity index is 1030. The number of nitrogens with one attached hydrogen (secondary N) is 4. The van der Waals surface area contributed by atoms with Gasteiger partial charge in [0.1, 0.15) is 11.3 Å². The lowest BCUT2D eigenvalue weighted by molar-refractivity contribution is -0.128. The third-order valence-corrected chi connectivity index (χ3v) is 5.75. The van der Waals surface area contributed by atoms with Crippen molar-refractivity contribution in [3.63, 3.8) is 0 Å². The van der Waals surface area contributed by atoms with Crippen molar-refractivity contribution >= 4 is 35.1 Å². The van der Waals surface area contributed by atoms with Gasteiger partial charge in [0.05, 0.1) is 0 Å². The van der Waals surface area contributed by atoms with E-state index in [1.54, 1.807) is 36.4 Å². The summed E-state index contributed by atoms with van der Waals surface area (Å²) in [6.45, 7) is -0.162. The molecule has 2 aliphatic rings. The molecular formula is C23H24N4O5. The third kappa shape index (κ3) is 4.88. The molecule has 1 heterocycles. The second-order valence-electron chi connectivity index (χ2n) is 7.98. The fourth-order valence-corrected chi connectivity index (χ4v) is 4.03. The minimum atomic E-state index is -0.887. The van der Waals surface area contributed by atoms with Gasteiger partial charge in [-0.05, 0) is 49.9 Å². The molecule has 1 spiro atoms. The molecule has 2 aromatic carbocycles. The van der Waals surface area contributed by atoms with E-state index in [0.717, 1.165) is 0 Å². The second-order valence-corrected chi connectivity index (χ2v) is 7.98. The van der Waals surface area contributed by atoms with Crippen LogP contribution in [0.5, 0.6) is 5.75 Å². The molecule has 2 aromatic rings. The van der Waals surface area contributed by atoms with Gasteiger partial charge in [-0.25, -0.2) is 4.79 Å². The summed E-state index contributed by atoms with van der Waals surface area (Å²) < 4.78 is 5.54. The first-order valence-electron chi connectivity index (χ1n) is 10.5. The lowest BCUT2D eigenvalue weighted by atomic mass is 9.76. The summed E-state index contributed by atoms with van der Waals surface area (Å²) in [6, 6.07) is 15.4. The first-order chi connectivity index (χ1) is 15.4. The Labute approximate surface area is 184 Å². The Kier molecular flexibility index (Phi) is 6.07. The zero-order chi connectivity index (χ0) is 22.6. The summed E-state index contributed by atoms with van der Waals surface area (Å²) in [4.78, 5) is 48.2. The number of para-hydroxylation sites is 1. The van der Waals surface area contributed by atoms with Crippen LogP contribution in [0.1, 0.15) is 25.7 Å². The Morgan fingerprint density at radius 3 is 2.38 bits per heavy atom. The number of amides is 5. The van der Waals surface area contributed by atoms with Crippen LogP contribution >= 0.6 is 0 Å². The molecule has 4 rings (SSSR count). The maximum Gasteiger partial charge on any atom is 0.322 e. The first kappa shape index (κ1) is 21.4. The highest BCUT2D eigenvalue weighted by atomic mass is 16.5. The fourth-order valence-electron chi connectivity index (χ4n) is 4.03. The lowest BCUT2D eigenvalue weighted by Crippen LogP contribution is -2.50. The van der Waals surface area contributed by atoms with E-state index in [0.29, 0.717) is 42.8 Å². The topological polar surface area (TPSA) is 126 Å². The van der Waals surface area contributed by atoms with Gasteiger partial charge in [0.15, 0.2) is 6.61 Å². The van der Waals surface area contributed by atoms with Gasteiger partial charge in [-0.2, -0.15) is 0 Å². The number of anilines is 2. The molecule has 1 saturated heterocycles. The molecular weight excluding hydrogens is 412 g/mol. The summed E-state index contributed by atoms with van der Waals surface area (Å²) in [5.41, 5.74) is 0.358. The van der Waals surface area contributed by atoms with Crippen LogP contribution in [-0.2, 0) is 14.4 Å². The van der Waals surface area contributed by atoms with E-state index in [-0.39, 0.29) is 30.2 Å². The van der Waals surface area contributed by atoms with E-state index in [4.69, 9.17) is 4.74 Å². The monoisotopic (exact) mass is 436 g/mol. The predicted octanol–water partition coefficient (Wildman–Crippen LogP) is 2.41. The molecule has 166 valence electrons. The molecule has 9 nitrogen and oxygen atoms in total. The summed E-state index contributed by atoms with van der Waals surface area (Å²) in [6.07, 6.45) is 1.83. The van der Waals surface area contributed by atoms with Crippen LogP contribution in [0, 0.1) is 5.92 Å². The van der Waals surface area contributed by atoms with Crippen LogP contribution in [0.2, 0.25) is 0 Å². The summed E-state index contributed by atoms with van der Waals surface area (Å²) in [7, 11) is 0. The molecule has 1 aliphatic carbocycles. The molecule has 5 amide bonds. The number of hydrogen-bond acceptors (Lipinski definition) is 5. The summed E-state index contributed by atoms with van der Waals surface area (Å²) in [5.74, 6) is -0.554. The van der Waals surface area contributed by atoms with E-state index in [9.17, 15) is 19.2 Å². The Morgan fingerprint density at radius 2 is 1.69 bits per heavy atom. The van der Waals surface area contributed by atoms with E-state index < -0.39 is 11.6 Å². The first-order valence-corrected chi connectivity index (χ1v) is 10.5. The average molecular weight is 436 g/mol. The number of rotatable bonds is 6. The zero-order valence-corrected chi connectivity index (χ0v) is 17.4. The molecule has 0 bridgehead atoms. The van der Waals surface area contributed by atoms with Crippen LogP contribution in [0.25, 0.3) is 0 Å². The maximum absolute atomic E-state index is 12.7. The fraction of sp³-hybridized carbons (Fsp3) is 0.304. The van der Waals surface area contributed by atoms with Crippen LogP contribution in [0.15, 0.2) is 54.6 Å². The molecule has 0 unspecified atom stereocenters. The van der Waals surface area contributed by atoms with E-state index in [1.165, 1.54) is 0 Å². The van der Waals surface area contributed by atoms with Crippen molar-refractivity contribution < 1.29 is 23.9 Å². The van der Waals surface area contributed by atoms with Crippen LogP contribution in [-0.4, -0.2) is 35.9 Å². The van der Waals surface area contributed by atoms with Crippen molar-refractivity contribution in [1.82, 2.24) is 10.6 Å². The lowest BCUT2D eigenvalue weighted by Gasteiger charge is -2.33. The van der Waals surface area contributed by atoms with Crippen LogP contribution < -0.4 is 26.0 Å². The Hall–Kier alpha value is -3.88. The molecule has 0 radical (unpaired) electrons. The van der Waals surface area contributed by atoms with Gasteiger partial charge in [-0.3, -0.25) is 19.7 Å². The van der Waals surface area contributed by atoms with Crippen molar-refractivity contribution in [2.75, 3.05) is 17.2 Å². The van der Waals surface area contributed by atoms with E-state index in [1.807, 2.05) is 18.2 Å². The highest BCUT2D eigenvalue weighted by molar-refractivity contribution is 6.07. The Morgan fingerprint density at radius 1 is 0.969 bits per heavy atom. The minimum absolute atomic E-state index is 0.149. The van der Waals surface area contributed by atoms with Gasteiger partial charge in [-0.15, -0.1) is 0 Å². The molecule has 0 atom stereocenters. The Balaban J connectivity index is 1.27. The number of imide groups is 1. The van der Waals surface area contributed by atoms with Crippen molar-refractivity contribution in [1.29, 1.82) is 0 Å². The van der Waals surface area contributed by atoms with Gasteiger partial charge in [0.25, 0.3) is 11.8 Å². The highest BCUT2D eigenvalue weighted by Gasteiger charge is 2.48. The number of hydrogen-bond donors (Lipinski definition) is 4. The third-order valence-electron chi connectivity index (χ3n) is 5.75. The number of benzene rings is 2. The summed E-state index contributed by atoms with van der Waals surface area (Å²) in [5, 5.41) is 10.6. The number of urea groups is 1. The minimum Gasteiger partial charge on any atom is -0.484 e. The molecule has 32 heavy (non-hydrogen) atoms. The van der Waals surface area contributed by atoms with E-state index in [2.05, 4.69) is 21.3 Å². The normalized spacial score (nSPS) is 22.1. The van der Waals surface area contributed by atoms with Gasteiger partial charge in [-0.1, -0.05) is 24.3 Å². The molecule has 1 saturated carbocycles. The van der Waals surface area contributed by atoms with Crippen molar-refractivity contribution in [2.45, 2.75) is 31.2 Å². The quantitative estimate of drug-likeness (QED) is 0.518. The molecule has 1 aliphatic heterocycles.